The van der Waals surface area contributed by atoms with E-state index in [0.717, 1.165) is 11.3 Å². The Bertz CT molecular complexity index is 1210. The number of piperidine rings is 2. The summed E-state index contributed by atoms with van der Waals surface area (Å²) in [7, 11) is 0. The highest BCUT2D eigenvalue weighted by atomic mass is 19.3. The number of phenols is 1. The first kappa shape index (κ1) is 20.3. The van der Waals surface area contributed by atoms with Crippen LogP contribution in [0.1, 0.15) is 31.4 Å². The fourth-order valence-electron chi connectivity index (χ4n) is 5.40. The van der Waals surface area contributed by atoms with Gasteiger partial charge in [0.2, 0.25) is 0 Å². The molecule has 170 valence electrons. The van der Waals surface area contributed by atoms with Crippen LogP contribution in [0.25, 0.3) is 22.5 Å². The Morgan fingerprint density at radius 1 is 1.12 bits per heavy atom. The summed E-state index contributed by atoms with van der Waals surface area (Å²) in [5.41, 5.74) is 3.52. The predicted molar refractivity (Wildman–Crippen MR) is 117 cm³/mol. The summed E-state index contributed by atoms with van der Waals surface area (Å²) in [5, 5.41) is 22.8. The number of hydrogen-bond acceptors (Lipinski definition) is 6. The zero-order valence-corrected chi connectivity index (χ0v) is 17.8. The zero-order chi connectivity index (χ0) is 22.6. The molecule has 9 heteroatoms. The highest BCUT2D eigenvalue weighted by molar-refractivity contribution is 5.75. The van der Waals surface area contributed by atoms with Crippen LogP contribution in [0.4, 0.5) is 8.78 Å². The van der Waals surface area contributed by atoms with Gasteiger partial charge in [-0.2, -0.15) is 0 Å². The second-order valence-electron chi connectivity index (χ2n) is 9.08. The van der Waals surface area contributed by atoms with Crippen molar-refractivity contribution in [2.75, 3.05) is 6.61 Å². The lowest BCUT2D eigenvalue weighted by molar-refractivity contribution is -0.0683. The molecule has 3 aliphatic rings. The Morgan fingerprint density at radius 3 is 2.67 bits per heavy atom. The Kier molecular flexibility index (Phi) is 4.69. The molecular formula is C24H23F2N5O2. The van der Waals surface area contributed by atoms with Crippen LogP contribution in [0.3, 0.4) is 0 Å². The minimum absolute atomic E-state index is 0.0779. The quantitative estimate of drug-likeness (QED) is 0.627. The minimum atomic E-state index is -2.59. The number of alkyl halides is 2. The van der Waals surface area contributed by atoms with E-state index in [0.29, 0.717) is 42.1 Å². The van der Waals surface area contributed by atoms with Crippen LogP contribution in [0, 0.1) is 5.92 Å². The molecule has 0 saturated carbocycles. The van der Waals surface area contributed by atoms with E-state index in [2.05, 4.69) is 20.5 Å². The maximum Gasteiger partial charge on any atom is 0.251 e. The largest absolute Gasteiger partial charge is 0.507 e. The van der Waals surface area contributed by atoms with Crippen LogP contribution in [-0.4, -0.2) is 49.5 Å². The molecule has 3 aromatic rings. The number of imidazole rings is 1. The van der Waals surface area contributed by atoms with Crippen molar-refractivity contribution >= 4 is 5.57 Å². The zero-order valence-electron chi connectivity index (χ0n) is 17.8. The fraction of sp³-hybridized carbons (Fsp3) is 0.375. The molecule has 3 atom stereocenters. The normalized spacial score (nSPS) is 25.6. The summed E-state index contributed by atoms with van der Waals surface area (Å²) in [6, 6.07) is 6.71. The molecule has 1 aromatic carbocycles. The van der Waals surface area contributed by atoms with Gasteiger partial charge in [0, 0.05) is 55.0 Å². The Hall–Kier alpha value is -3.33. The molecule has 1 unspecified atom stereocenters. The molecule has 0 amide bonds. The average molecular weight is 451 g/mol. The van der Waals surface area contributed by atoms with Crippen molar-refractivity contribution in [3.05, 3.63) is 54.8 Å². The molecule has 2 saturated heterocycles. The minimum Gasteiger partial charge on any atom is -0.507 e. The van der Waals surface area contributed by atoms with Gasteiger partial charge in [-0.25, -0.2) is 13.8 Å². The molecule has 6 rings (SSSR count). The van der Waals surface area contributed by atoms with Gasteiger partial charge < -0.3 is 19.7 Å². The van der Waals surface area contributed by atoms with Crippen molar-refractivity contribution in [2.45, 2.75) is 43.7 Å². The van der Waals surface area contributed by atoms with E-state index in [1.165, 1.54) is 0 Å². The number of fused-ring (bicyclic) bond motifs is 3. The van der Waals surface area contributed by atoms with Gasteiger partial charge in [0.25, 0.3) is 5.92 Å². The summed E-state index contributed by atoms with van der Waals surface area (Å²) < 4.78 is 35.6. The van der Waals surface area contributed by atoms with E-state index < -0.39 is 5.92 Å². The SMILES string of the molecule is Oc1cc(-n2ccnc2)ccc1-c1cc2c(nn1)C(C1C[C@@H]3CC(F)(F)C[C@H](C1)N3)=CCO2. The van der Waals surface area contributed by atoms with E-state index in [1.807, 2.05) is 12.1 Å². The average Bonchev–Trinajstić information content (AvgIpc) is 3.32. The van der Waals surface area contributed by atoms with Gasteiger partial charge in [0.05, 0.1) is 12.0 Å². The standard InChI is InChI=1S/C24H23F2N5O2/c25-24(26)11-15-7-14(8-16(12-24)28-15)18-3-6-33-22-10-20(29-30-23(18)22)19-2-1-17(9-21(19)32)31-5-4-27-13-31/h1-5,9-10,13-16,28,32H,6-8,11-12H2/t14?,15-,16+. The third-order valence-corrected chi connectivity index (χ3v) is 6.77. The van der Waals surface area contributed by atoms with E-state index in [-0.39, 0.29) is 36.6 Å². The maximum atomic E-state index is 14.0. The molecule has 2 fully saturated rings. The summed E-state index contributed by atoms with van der Waals surface area (Å²) in [6.07, 6.45) is 8.19. The number of rotatable bonds is 3. The van der Waals surface area contributed by atoms with Gasteiger partial charge >= 0.3 is 0 Å². The first-order chi connectivity index (χ1) is 15.9. The maximum absolute atomic E-state index is 14.0. The van der Waals surface area contributed by atoms with Crippen molar-refractivity contribution in [3.63, 3.8) is 0 Å². The summed E-state index contributed by atoms with van der Waals surface area (Å²) in [5.74, 6) is -1.76. The molecule has 2 N–H and O–H groups in total. The Morgan fingerprint density at radius 2 is 1.94 bits per heavy atom. The predicted octanol–water partition coefficient (Wildman–Crippen LogP) is 3.98. The number of phenolic OH excluding ortho intramolecular Hbond substituents is 1. The van der Waals surface area contributed by atoms with Crippen LogP contribution in [0.5, 0.6) is 11.5 Å². The van der Waals surface area contributed by atoms with Crippen molar-refractivity contribution in [2.24, 2.45) is 5.92 Å². The van der Waals surface area contributed by atoms with Gasteiger partial charge in [-0.05, 0) is 42.5 Å². The molecule has 5 heterocycles. The number of nitrogens with zero attached hydrogens (tertiary/aromatic N) is 4. The number of nitrogens with one attached hydrogen (secondary N) is 1. The topological polar surface area (TPSA) is 85.1 Å². The van der Waals surface area contributed by atoms with Crippen LogP contribution in [0.15, 0.2) is 49.1 Å². The Labute approximate surface area is 189 Å². The second-order valence-corrected chi connectivity index (χ2v) is 9.08. The van der Waals surface area contributed by atoms with Crippen molar-refractivity contribution in [1.29, 1.82) is 0 Å². The molecule has 7 nitrogen and oxygen atoms in total. The van der Waals surface area contributed by atoms with Crippen LogP contribution in [-0.2, 0) is 0 Å². The van der Waals surface area contributed by atoms with Crippen molar-refractivity contribution in [3.8, 4) is 28.4 Å². The Balaban J connectivity index is 1.27. The number of benzene rings is 1. The fourth-order valence-corrected chi connectivity index (χ4v) is 5.40. The number of hydrogen-bond donors (Lipinski definition) is 2. The first-order valence-electron chi connectivity index (χ1n) is 11.1. The lowest BCUT2D eigenvalue weighted by Gasteiger charge is -2.44. The number of allylic oxidation sites excluding steroid dienone is 1. The molecule has 0 radical (unpaired) electrons. The van der Waals surface area contributed by atoms with Gasteiger partial charge in [-0.1, -0.05) is 0 Å². The van der Waals surface area contributed by atoms with E-state index in [9.17, 15) is 13.9 Å². The van der Waals surface area contributed by atoms with Crippen LogP contribution in [0.2, 0.25) is 0 Å². The van der Waals surface area contributed by atoms with Gasteiger partial charge in [-0.3, -0.25) is 0 Å². The van der Waals surface area contributed by atoms with Gasteiger partial charge in [0.1, 0.15) is 29.5 Å². The highest BCUT2D eigenvalue weighted by Gasteiger charge is 2.46. The van der Waals surface area contributed by atoms with E-state index in [1.54, 1.807) is 41.5 Å². The van der Waals surface area contributed by atoms with E-state index >= 15 is 0 Å². The number of halogens is 2. The summed E-state index contributed by atoms with van der Waals surface area (Å²) in [4.78, 5) is 4.02. The molecule has 0 aliphatic carbocycles. The highest BCUT2D eigenvalue weighted by Crippen LogP contribution is 2.45. The van der Waals surface area contributed by atoms with Crippen LogP contribution < -0.4 is 10.1 Å². The first-order valence-corrected chi connectivity index (χ1v) is 11.1. The lowest BCUT2D eigenvalue weighted by atomic mass is 9.74. The monoisotopic (exact) mass is 451 g/mol. The number of ether oxygens (including phenoxy) is 1. The molecule has 2 aromatic heterocycles. The number of aromatic nitrogens is 4. The smallest absolute Gasteiger partial charge is 0.251 e. The molecular weight excluding hydrogens is 428 g/mol. The van der Waals surface area contributed by atoms with Crippen molar-refractivity contribution in [1.82, 2.24) is 25.1 Å². The number of aromatic hydroxyl groups is 1. The summed E-state index contributed by atoms with van der Waals surface area (Å²) in [6.45, 7) is 0.397. The van der Waals surface area contributed by atoms with Crippen molar-refractivity contribution < 1.29 is 18.6 Å². The lowest BCUT2D eigenvalue weighted by Crippen LogP contribution is -2.54. The second kappa shape index (κ2) is 7.62. The van der Waals surface area contributed by atoms with Gasteiger partial charge in [0.15, 0.2) is 0 Å². The third-order valence-electron chi connectivity index (χ3n) is 6.77. The van der Waals surface area contributed by atoms with E-state index in [4.69, 9.17) is 4.74 Å². The molecule has 33 heavy (non-hydrogen) atoms. The third kappa shape index (κ3) is 3.76. The summed E-state index contributed by atoms with van der Waals surface area (Å²) >= 11 is 0. The molecule has 3 aliphatic heterocycles. The molecule has 0 spiro atoms. The molecule has 2 bridgehead atoms. The van der Waals surface area contributed by atoms with Gasteiger partial charge in [-0.15, -0.1) is 10.2 Å². The van der Waals surface area contributed by atoms with Crippen LogP contribution >= 0.6 is 0 Å².